The fraction of sp³-hybridized carbons (Fsp3) is 0.154. The summed E-state index contributed by atoms with van der Waals surface area (Å²) in [6.07, 6.45) is 5.14. The molecule has 0 aliphatic rings. The molecule has 0 saturated heterocycles. The van der Waals surface area contributed by atoms with Crippen LogP contribution in [0.4, 0.5) is 0 Å². The second-order valence-corrected chi connectivity index (χ2v) is 3.88. The number of carboxylic acids is 1. The molecule has 1 amide bonds. The van der Waals surface area contributed by atoms with Crippen LogP contribution >= 0.6 is 0 Å². The number of nitrogens with one attached hydrogen (secondary N) is 1. The van der Waals surface area contributed by atoms with E-state index in [2.05, 4.69) is 16.1 Å². The number of fused-ring (bicyclic) bond motifs is 1. The van der Waals surface area contributed by atoms with Crippen molar-refractivity contribution in [2.24, 2.45) is 0 Å². The van der Waals surface area contributed by atoms with E-state index in [0.717, 1.165) is 4.90 Å². The molecule has 19 heavy (non-hydrogen) atoms. The van der Waals surface area contributed by atoms with Gasteiger partial charge in [-0.25, -0.2) is 0 Å². The third-order valence-electron chi connectivity index (χ3n) is 2.57. The van der Waals surface area contributed by atoms with E-state index in [1.165, 1.54) is 0 Å². The van der Waals surface area contributed by atoms with Crippen molar-refractivity contribution < 1.29 is 14.7 Å². The van der Waals surface area contributed by atoms with Gasteiger partial charge in [-0.3, -0.25) is 14.7 Å². The Morgan fingerprint density at radius 1 is 1.42 bits per heavy atom. The fourth-order valence-corrected chi connectivity index (χ4v) is 1.75. The molecule has 0 saturated carbocycles. The number of aromatic nitrogens is 2. The maximum atomic E-state index is 12.2. The zero-order valence-electron chi connectivity index (χ0n) is 9.96. The molecule has 1 aromatic heterocycles. The van der Waals surface area contributed by atoms with Gasteiger partial charge in [0.2, 0.25) is 0 Å². The van der Waals surface area contributed by atoms with E-state index < -0.39 is 18.4 Å². The van der Waals surface area contributed by atoms with Gasteiger partial charge in [-0.2, -0.15) is 5.10 Å². The molecule has 0 spiro atoms. The summed E-state index contributed by atoms with van der Waals surface area (Å²) in [5, 5.41) is 16.1. The van der Waals surface area contributed by atoms with Crippen LogP contribution in [0.2, 0.25) is 0 Å². The van der Waals surface area contributed by atoms with Crippen molar-refractivity contribution in [3.05, 3.63) is 30.0 Å². The molecule has 6 nitrogen and oxygen atoms in total. The van der Waals surface area contributed by atoms with Gasteiger partial charge in [-0.05, 0) is 6.07 Å². The van der Waals surface area contributed by atoms with E-state index in [4.69, 9.17) is 11.5 Å². The first-order valence-corrected chi connectivity index (χ1v) is 5.51. The number of amides is 1. The maximum Gasteiger partial charge on any atom is 0.323 e. The zero-order chi connectivity index (χ0) is 13.8. The molecule has 2 N–H and O–H groups in total. The van der Waals surface area contributed by atoms with Crippen LogP contribution in [-0.4, -0.2) is 45.2 Å². The Morgan fingerprint density at radius 3 is 2.84 bits per heavy atom. The molecule has 2 rings (SSSR count). The summed E-state index contributed by atoms with van der Waals surface area (Å²) in [7, 11) is 0. The van der Waals surface area contributed by atoms with Gasteiger partial charge >= 0.3 is 5.97 Å². The number of benzene rings is 1. The van der Waals surface area contributed by atoms with Crippen molar-refractivity contribution in [1.82, 2.24) is 15.1 Å². The Balaban J connectivity index is 2.36. The molecule has 6 heteroatoms. The highest BCUT2D eigenvalue weighted by Gasteiger charge is 2.22. The third kappa shape index (κ3) is 2.55. The van der Waals surface area contributed by atoms with Crippen LogP contribution < -0.4 is 0 Å². The van der Waals surface area contributed by atoms with Crippen molar-refractivity contribution in [2.45, 2.75) is 0 Å². The largest absolute Gasteiger partial charge is 0.480 e. The van der Waals surface area contributed by atoms with Gasteiger partial charge in [-0.15, -0.1) is 6.42 Å². The van der Waals surface area contributed by atoms with E-state index in [-0.39, 0.29) is 12.2 Å². The van der Waals surface area contributed by atoms with Crippen LogP contribution in [0.1, 0.15) is 10.5 Å². The van der Waals surface area contributed by atoms with Crippen LogP contribution in [-0.2, 0) is 4.79 Å². The highest BCUT2D eigenvalue weighted by Crippen LogP contribution is 2.16. The van der Waals surface area contributed by atoms with Gasteiger partial charge in [0.15, 0.2) is 5.69 Å². The number of carboxylic acid groups (broad SMARTS) is 1. The Kier molecular flexibility index (Phi) is 3.48. The van der Waals surface area contributed by atoms with Gasteiger partial charge in [0, 0.05) is 5.39 Å². The summed E-state index contributed by atoms with van der Waals surface area (Å²) in [5.74, 6) is 0.644. The van der Waals surface area contributed by atoms with E-state index >= 15 is 0 Å². The maximum absolute atomic E-state index is 12.2. The Hall–Kier alpha value is -2.81. The molecule has 0 radical (unpaired) electrons. The van der Waals surface area contributed by atoms with Gasteiger partial charge in [0.25, 0.3) is 5.91 Å². The normalized spacial score (nSPS) is 10.1. The highest BCUT2D eigenvalue weighted by atomic mass is 16.4. The number of para-hydroxylation sites is 1. The lowest BCUT2D eigenvalue weighted by Gasteiger charge is -2.16. The van der Waals surface area contributed by atoms with E-state index in [9.17, 15) is 9.59 Å². The monoisotopic (exact) mass is 257 g/mol. The molecule has 1 aromatic carbocycles. The lowest BCUT2D eigenvalue weighted by molar-refractivity contribution is -0.137. The molecule has 0 unspecified atom stereocenters. The summed E-state index contributed by atoms with van der Waals surface area (Å²) in [4.78, 5) is 24.0. The number of rotatable bonds is 4. The van der Waals surface area contributed by atoms with Crippen molar-refractivity contribution >= 4 is 22.8 Å². The zero-order valence-corrected chi connectivity index (χ0v) is 9.96. The number of H-pyrrole nitrogens is 1. The second-order valence-electron chi connectivity index (χ2n) is 3.88. The SMILES string of the molecule is C#CCN(CC(=O)O)C(=O)c1n[nH]c2ccccc12. The lowest BCUT2D eigenvalue weighted by atomic mass is 10.2. The molecular weight excluding hydrogens is 246 g/mol. The average molecular weight is 257 g/mol. The molecular formula is C13H11N3O3. The summed E-state index contributed by atoms with van der Waals surface area (Å²) >= 11 is 0. The molecule has 96 valence electrons. The number of hydrogen-bond donors (Lipinski definition) is 2. The number of terminal acetylenes is 1. The van der Waals surface area contributed by atoms with Crippen molar-refractivity contribution in [3.63, 3.8) is 0 Å². The molecule has 0 fully saturated rings. The van der Waals surface area contributed by atoms with Gasteiger partial charge in [0.1, 0.15) is 6.54 Å². The first-order valence-electron chi connectivity index (χ1n) is 5.51. The molecule has 0 bridgehead atoms. The number of carbonyl (C=O) groups is 2. The minimum absolute atomic E-state index is 0.0771. The van der Waals surface area contributed by atoms with Gasteiger partial charge < -0.3 is 10.0 Å². The molecule has 0 atom stereocenters. The van der Waals surface area contributed by atoms with Crippen LogP contribution in [0.15, 0.2) is 24.3 Å². The van der Waals surface area contributed by atoms with Gasteiger partial charge in [0.05, 0.1) is 12.1 Å². The summed E-state index contributed by atoms with van der Waals surface area (Å²) < 4.78 is 0. The molecule has 0 aliphatic carbocycles. The van der Waals surface area contributed by atoms with Crippen molar-refractivity contribution in [3.8, 4) is 12.3 Å². The highest BCUT2D eigenvalue weighted by molar-refractivity contribution is 6.05. The molecule has 0 aliphatic heterocycles. The minimum atomic E-state index is -1.12. The average Bonchev–Trinajstić information content (AvgIpc) is 2.80. The third-order valence-corrected chi connectivity index (χ3v) is 2.57. The number of hydrogen-bond acceptors (Lipinski definition) is 3. The molecule has 2 aromatic rings. The minimum Gasteiger partial charge on any atom is -0.480 e. The Labute approximate surface area is 109 Å². The topological polar surface area (TPSA) is 86.3 Å². The first-order chi connectivity index (χ1) is 9.13. The number of carbonyl (C=O) groups excluding carboxylic acids is 1. The van der Waals surface area contributed by atoms with E-state index in [0.29, 0.717) is 10.9 Å². The predicted molar refractivity (Wildman–Crippen MR) is 68.5 cm³/mol. The number of aromatic amines is 1. The molecule has 1 heterocycles. The van der Waals surface area contributed by atoms with Crippen LogP contribution in [0.25, 0.3) is 10.9 Å². The van der Waals surface area contributed by atoms with Crippen LogP contribution in [0.3, 0.4) is 0 Å². The Morgan fingerprint density at radius 2 is 2.16 bits per heavy atom. The van der Waals surface area contributed by atoms with E-state index in [1.807, 2.05) is 6.07 Å². The summed E-state index contributed by atoms with van der Waals surface area (Å²) in [5.41, 5.74) is 0.883. The standard InChI is InChI=1S/C13H11N3O3/c1-2-7-16(8-11(17)18)13(19)12-9-5-3-4-6-10(9)14-15-12/h1,3-6H,7-8H2,(H,14,15)(H,17,18). The lowest BCUT2D eigenvalue weighted by Crippen LogP contribution is -2.36. The second kappa shape index (κ2) is 5.23. The summed E-state index contributed by atoms with van der Waals surface area (Å²) in [6.45, 7) is -0.531. The quantitative estimate of drug-likeness (QED) is 0.790. The predicted octanol–water partition coefficient (Wildman–Crippen LogP) is 0.723. The fourth-order valence-electron chi connectivity index (χ4n) is 1.75. The summed E-state index contributed by atoms with van der Waals surface area (Å²) in [6, 6.07) is 7.10. The number of nitrogens with zero attached hydrogens (tertiary/aromatic N) is 2. The number of aliphatic carboxylic acids is 1. The smallest absolute Gasteiger partial charge is 0.323 e. The first kappa shape index (κ1) is 12.6. The van der Waals surface area contributed by atoms with Gasteiger partial charge in [-0.1, -0.05) is 24.1 Å². The van der Waals surface area contributed by atoms with Crippen LogP contribution in [0.5, 0.6) is 0 Å². The van der Waals surface area contributed by atoms with Crippen molar-refractivity contribution in [2.75, 3.05) is 13.1 Å². The van der Waals surface area contributed by atoms with Crippen molar-refractivity contribution in [1.29, 1.82) is 0 Å². The van der Waals surface area contributed by atoms with E-state index in [1.54, 1.807) is 18.2 Å². The van der Waals surface area contributed by atoms with Crippen LogP contribution in [0, 0.1) is 12.3 Å². The Bertz CT molecular complexity index is 669.